The molecule has 0 amide bonds. The van der Waals surface area contributed by atoms with Crippen LogP contribution in [0.15, 0.2) is 42.6 Å². The van der Waals surface area contributed by atoms with Gasteiger partial charge in [-0.3, -0.25) is 14.7 Å². The number of aromatic nitrogens is 1. The molecule has 1 aliphatic carbocycles. The highest BCUT2D eigenvalue weighted by Gasteiger charge is 2.42. The molecular weight excluding hydrogens is 328 g/mol. The van der Waals surface area contributed by atoms with Gasteiger partial charge < -0.3 is 9.84 Å². The minimum atomic E-state index is 0.114. The topological polar surface area (TPSA) is 62.7 Å². The van der Waals surface area contributed by atoms with Crippen molar-refractivity contribution in [2.75, 3.05) is 19.6 Å². The van der Waals surface area contributed by atoms with E-state index in [2.05, 4.69) is 9.88 Å². The minimum Gasteiger partial charge on any atom is -0.508 e. The number of carbonyl (C=O) groups is 1. The third-order valence-corrected chi connectivity index (χ3v) is 5.53. The second-order valence-electron chi connectivity index (χ2n) is 7.53. The van der Waals surface area contributed by atoms with Crippen molar-refractivity contribution in [1.82, 2.24) is 9.88 Å². The molecule has 5 heteroatoms. The Bertz CT molecular complexity index is 759. The first-order valence-electron chi connectivity index (χ1n) is 9.21. The fourth-order valence-electron chi connectivity index (χ4n) is 4.22. The van der Waals surface area contributed by atoms with Crippen LogP contribution >= 0.6 is 0 Å². The summed E-state index contributed by atoms with van der Waals surface area (Å²) in [6.45, 7) is 4.34. The van der Waals surface area contributed by atoms with E-state index < -0.39 is 0 Å². The Hall–Kier alpha value is -2.40. The number of hydrogen-bond donors (Lipinski definition) is 1. The van der Waals surface area contributed by atoms with Gasteiger partial charge in [0.2, 0.25) is 0 Å². The average molecular weight is 352 g/mol. The first-order valence-corrected chi connectivity index (χ1v) is 9.21. The van der Waals surface area contributed by atoms with Gasteiger partial charge in [-0.2, -0.15) is 0 Å². The molecule has 26 heavy (non-hydrogen) atoms. The van der Waals surface area contributed by atoms with Gasteiger partial charge >= 0.3 is 0 Å². The number of benzene rings is 1. The van der Waals surface area contributed by atoms with E-state index in [1.807, 2.05) is 19.1 Å². The Balaban J connectivity index is 1.28. The van der Waals surface area contributed by atoms with Crippen molar-refractivity contribution in [2.45, 2.75) is 25.9 Å². The maximum absolute atomic E-state index is 12.4. The molecule has 1 aromatic heterocycles. The Morgan fingerprint density at radius 2 is 1.85 bits per heavy atom. The van der Waals surface area contributed by atoms with E-state index in [0.717, 1.165) is 37.4 Å². The molecule has 2 aliphatic rings. The third-order valence-electron chi connectivity index (χ3n) is 5.53. The smallest absolute Gasteiger partial charge is 0.176 e. The van der Waals surface area contributed by atoms with E-state index >= 15 is 0 Å². The van der Waals surface area contributed by atoms with Gasteiger partial charge in [-0.25, -0.2) is 0 Å². The lowest BCUT2D eigenvalue weighted by molar-refractivity contribution is 0.0936. The maximum atomic E-state index is 12.4. The highest BCUT2D eigenvalue weighted by atomic mass is 16.5. The number of aromatic hydroxyl groups is 1. The Morgan fingerprint density at radius 3 is 2.46 bits per heavy atom. The van der Waals surface area contributed by atoms with Gasteiger partial charge in [-0.05, 0) is 68.0 Å². The second kappa shape index (κ2) is 7.08. The normalized spacial score (nSPS) is 25.2. The van der Waals surface area contributed by atoms with Gasteiger partial charge in [0.15, 0.2) is 5.78 Å². The Morgan fingerprint density at radius 1 is 1.15 bits per heavy atom. The van der Waals surface area contributed by atoms with Crippen LogP contribution in [0.3, 0.4) is 0 Å². The number of carbonyl (C=O) groups excluding carboxylic acids is 1. The van der Waals surface area contributed by atoms with Crippen LogP contribution in [0.5, 0.6) is 11.5 Å². The number of fused-ring (bicyclic) bond motifs is 1. The predicted molar refractivity (Wildman–Crippen MR) is 98.5 cm³/mol. The quantitative estimate of drug-likeness (QED) is 0.838. The summed E-state index contributed by atoms with van der Waals surface area (Å²) in [5, 5.41) is 9.34. The summed E-state index contributed by atoms with van der Waals surface area (Å²) in [5.41, 5.74) is 1.66. The maximum Gasteiger partial charge on any atom is 0.176 e. The molecule has 2 heterocycles. The van der Waals surface area contributed by atoms with E-state index in [0.29, 0.717) is 23.9 Å². The van der Waals surface area contributed by atoms with E-state index in [9.17, 15) is 9.90 Å². The molecule has 2 aromatic rings. The van der Waals surface area contributed by atoms with Crippen LogP contribution in [0, 0.1) is 18.8 Å². The third kappa shape index (κ3) is 3.73. The van der Waals surface area contributed by atoms with Crippen molar-refractivity contribution in [1.29, 1.82) is 0 Å². The monoisotopic (exact) mass is 352 g/mol. The zero-order chi connectivity index (χ0) is 18.1. The lowest BCUT2D eigenvalue weighted by Crippen LogP contribution is -2.30. The SMILES string of the molecule is Cc1ccc(O[C@@H]2C[C@@H]3CN(CC(=O)c4ccc(O)cc4)C[C@@H]3C2)cn1. The molecule has 2 fully saturated rings. The fourth-order valence-corrected chi connectivity index (χ4v) is 4.22. The van der Waals surface area contributed by atoms with Crippen LogP contribution in [0.25, 0.3) is 0 Å². The van der Waals surface area contributed by atoms with Gasteiger partial charge in [0.1, 0.15) is 11.5 Å². The highest BCUT2D eigenvalue weighted by Crippen LogP contribution is 2.39. The number of ether oxygens (including phenoxy) is 1. The Kier molecular flexibility index (Phi) is 4.64. The van der Waals surface area contributed by atoms with Crippen LogP contribution < -0.4 is 4.74 Å². The van der Waals surface area contributed by atoms with Crippen molar-refractivity contribution < 1.29 is 14.6 Å². The summed E-state index contributed by atoms with van der Waals surface area (Å²) in [6, 6.07) is 10.5. The molecule has 5 nitrogen and oxygen atoms in total. The summed E-state index contributed by atoms with van der Waals surface area (Å²) in [6.07, 6.45) is 4.14. The first kappa shape index (κ1) is 17.0. The molecule has 1 saturated carbocycles. The molecule has 0 unspecified atom stereocenters. The number of likely N-dealkylation sites (tertiary alicyclic amines) is 1. The molecule has 0 radical (unpaired) electrons. The van der Waals surface area contributed by atoms with Crippen molar-refractivity contribution in [3.63, 3.8) is 0 Å². The lowest BCUT2D eigenvalue weighted by Gasteiger charge is -2.19. The van der Waals surface area contributed by atoms with Crippen molar-refractivity contribution >= 4 is 5.78 Å². The van der Waals surface area contributed by atoms with Crippen molar-refractivity contribution in [2.24, 2.45) is 11.8 Å². The van der Waals surface area contributed by atoms with E-state index in [-0.39, 0.29) is 17.6 Å². The Labute approximate surface area is 153 Å². The second-order valence-corrected chi connectivity index (χ2v) is 7.53. The van der Waals surface area contributed by atoms with Crippen LogP contribution in [0.2, 0.25) is 0 Å². The van der Waals surface area contributed by atoms with E-state index in [4.69, 9.17) is 4.74 Å². The first-order chi connectivity index (χ1) is 12.6. The number of pyridine rings is 1. The van der Waals surface area contributed by atoms with Gasteiger partial charge in [0, 0.05) is 24.3 Å². The standard InChI is InChI=1S/C21H24N2O3/c1-14-2-7-19(10-22-14)26-20-8-16-11-23(12-17(16)9-20)13-21(25)15-3-5-18(24)6-4-15/h2-7,10,16-17,20,24H,8-9,11-13H2,1H3/t16-,17+,20-. The molecule has 1 aliphatic heterocycles. The zero-order valence-electron chi connectivity index (χ0n) is 15.0. The number of phenolic OH excluding ortho intramolecular Hbond substituents is 1. The zero-order valence-corrected chi connectivity index (χ0v) is 15.0. The van der Waals surface area contributed by atoms with Gasteiger partial charge in [-0.1, -0.05) is 0 Å². The van der Waals surface area contributed by atoms with Gasteiger partial charge in [0.05, 0.1) is 18.8 Å². The van der Waals surface area contributed by atoms with Crippen LogP contribution in [-0.2, 0) is 0 Å². The molecule has 0 spiro atoms. The number of nitrogens with zero attached hydrogens (tertiary/aromatic N) is 2. The molecular formula is C21H24N2O3. The lowest BCUT2D eigenvalue weighted by atomic mass is 10.0. The summed E-state index contributed by atoms with van der Waals surface area (Å²) in [7, 11) is 0. The molecule has 0 bridgehead atoms. The van der Waals surface area contributed by atoms with Crippen molar-refractivity contribution in [3.8, 4) is 11.5 Å². The minimum absolute atomic E-state index is 0.114. The summed E-state index contributed by atoms with van der Waals surface area (Å²) < 4.78 is 6.09. The highest BCUT2D eigenvalue weighted by molar-refractivity contribution is 5.97. The fraction of sp³-hybridized carbons (Fsp3) is 0.429. The number of rotatable bonds is 5. The molecule has 3 atom stereocenters. The summed E-state index contributed by atoms with van der Waals surface area (Å²) in [4.78, 5) is 19.0. The number of Topliss-reactive ketones (excluding diaryl/α,β-unsaturated/α-hetero) is 1. The molecule has 1 N–H and O–H groups in total. The molecule has 4 rings (SSSR count). The number of ketones is 1. The predicted octanol–water partition coefficient (Wildman–Crippen LogP) is 3.07. The molecule has 1 saturated heterocycles. The summed E-state index contributed by atoms with van der Waals surface area (Å²) >= 11 is 0. The molecule has 136 valence electrons. The van der Waals surface area contributed by atoms with Crippen molar-refractivity contribution in [3.05, 3.63) is 53.9 Å². The summed E-state index contributed by atoms with van der Waals surface area (Å²) in [5.74, 6) is 2.35. The van der Waals surface area contributed by atoms with Crippen LogP contribution in [-0.4, -0.2) is 46.5 Å². The van der Waals surface area contributed by atoms with Gasteiger partial charge in [0.25, 0.3) is 0 Å². The van der Waals surface area contributed by atoms with Gasteiger partial charge in [-0.15, -0.1) is 0 Å². The largest absolute Gasteiger partial charge is 0.508 e. The van der Waals surface area contributed by atoms with E-state index in [1.165, 1.54) is 0 Å². The number of aryl methyl sites for hydroxylation is 1. The van der Waals surface area contributed by atoms with E-state index in [1.54, 1.807) is 30.5 Å². The number of hydrogen-bond acceptors (Lipinski definition) is 5. The van der Waals surface area contributed by atoms with Crippen LogP contribution in [0.4, 0.5) is 0 Å². The van der Waals surface area contributed by atoms with Crippen LogP contribution in [0.1, 0.15) is 28.9 Å². The molecule has 1 aromatic carbocycles. The average Bonchev–Trinajstić information content (AvgIpc) is 3.15. The number of phenols is 1.